The predicted octanol–water partition coefficient (Wildman–Crippen LogP) is 3.84. The van der Waals surface area contributed by atoms with Gasteiger partial charge < -0.3 is 10.1 Å². The number of hydrogen-bond acceptors (Lipinski definition) is 4. The lowest BCUT2D eigenvalue weighted by Crippen LogP contribution is -2.55. The van der Waals surface area contributed by atoms with Gasteiger partial charge in [0.2, 0.25) is 5.66 Å². The molecule has 2 aromatic carbocycles. The van der Waals surface area contributed by atoms with Gasteiger partial charge in [-0.15, -0.1) is 0 Å². The average Bonchev–Trinajstić information content (AvgIpc) is 3.00. The highest BCUT2D eigenvalue weighted by Gasteiger charge is 2.49. The zero-order chi connectivity index (χ0) is 21.3. The maximum atomic E-state index is 13.4. The Balaban J connectivity index is 1.70. The van der Waals surface area contributed by atoms with E-state index in [4.69, 9.17) is 4.74 Å². The molecule has 2 aliphatic heterocycles. The van der Waals surface area contributed by atoms with Crippen molar-refractivity contribution in [1.82, 2.24) is 10.2 Å². The average molecular weight is 466 g/mol. The molecule has 2 aromatic rings. The molecule has 1 atom stereocenters. The summed E-state index contributed by atoms with van der Waals surface area (Å²) in [6.07, 6.45) is 5.61. The molecule has 1 unspecified atom stereocenters. The van der Waals surface area contributed by atoms with Crippen molar-refractivity contribution in [3.8, 4) is 5.75 Å². The quantitative estimate of drug-likeness (QED) is 0.728. The van der Waals surface area contributed by atoms with Crippen molar-refractivity contribution in [2.24, 2.45) is 4.99 Å². The number of ether oxygens (including phenoxy) is 1. The van der Waals surface area contributed by atoms with Crippen LogP contribution in [0.4, 0.5) is 0 Å². The number of aliphatic imine (C=N–C) groups is 1. The Hall–Kier alpha value is -3.19. The number of fused-ring (bicyclic) bond motifs is 1. The summed E-state index contributed by atoms with van der Waals surface area (Å²) in [6, 6.07) is 14.3. The van der Waals surface area contributed by atoms with Gasteiger partial charge in [-0.25, -0.2) is 4.99 Å². The molecule has 0 spiro atoms. The lowest BCUT2D eigenvalue weighted by atomic mass is 9.98. The first kappa shape index (κ1) is 20.1. The molecule has 6 nitrogen and oxygen atoms in total. The number of amidine groups is 1. The van der Waals surface area contributed by atoms with Crippen LogP contribution >= 0.6 is 15.9 Å². The number of hydrogen-bond donors (Lipinski definition) is 1. The Bertz CT molecular complexity index is 1090. The van der Waals surface area contributed by atoms with E-state index in [1.807, 2.05) is 43.3 Å². The summed E-state index contributed by atoms with van der Waals surface area (Å²) in [4.78, 5) is 32.6. The topological polar surface area (TPSA) is 71.0 Å². The van der Waals surface area contributed by atoms with E-state index in [2.05, 4.69) is 26.2 Å². The van der Waals surface area contributed by atoms with Crippen molar-refractivity contribution in [3.63, 3.8) is 0 Å². The number of rotatable bonds is 5. The van der Waals surface area contributed by atoms with E-state index in [9.17, 15) is 9.59 Å². The summed E-state index contributed by atoms with van der Waals surface area (Å²) in [5.41, 5.74) is 0.867. The van der Waals surface area contributed by atoms with Crippen LogP contribution in [0.5, 0.6) is 5.75 Å². The van der Waals surface area contributed by atoms with Crippen LogP contribution < -0.4 is 10.1 Å². The van der Waals surface area contributed by atoms with E-state index < -0.39 is 5.66 Å². The fourth-order valence-corrected chi connectivity index (χ4v) is 3.70. The van der Waals surface area contributed by atoms with Gasteiger partial charge in [-0.2, -0.15) is 0 Å². The first-order valence-electron chi connectivity index (χ1n) is 9.41. The van der Waals surface area contributed by atoms with Crippen LogP contribution in [0.2, 0.25) is 0 Å². The molecule has 0 aliphatic carbocycles. The van der Waals surface area contributed by atoms with Gasteiger partial charge in [-0.3, -0.25) is 14.5 Å². The first-order valence-corrected chi connectivity index (χ1v) is 10.2. The van der Waals surface area contributed by atoms with Crippen LogP contribution in [-0.2, 0) is 11.2 Å². The zero-order valence-electron chi connectivity index (χ0n) is 16.6. The number of nitrogens with zero attached hydrogens (tertiary/aromatic N) is 2. The minimum atomic E-state index is -1.42. The third-order valence-electron chi connectivity index (χ3n) is 5.01. The van der Waals surface area contributed by atoms with Crippen LogP contribution in [0.3, 0.4) is 0 Å². The SMILES string of the molecule is COc1ccc(C(=O)NC2(Cc3ccc(Br)cc3)N=C3C=C(C)C=CN3C2=O)cc1. The van der Waals surface area contributed by atoms with Crippen LogP contribution in [0.1, 0.15) is 22.8 Å². The zero-order valence-corrected chi connectivity index (χ0v) is 18.1. The number of nitrogens with one attached hydrogen (secondary N) is 1. The Labute approximate surface area is 183 Å². The van der Waals surface area contributed by atoms with Crippen molar-refractivity contribution in [1.29, 1.82) is 0 Å². The second kappa shape index (κ2) is 7.91. The van der Waals surface area contributed by atoms with Crippen molar-refractivity contribution < 1.29 is 14.3 Å². The third-order valence-corrected chi connectivity index (χ3v) is 5.54. The Kier molecular flexibility index (Phi) is 5.30. The Morgan fingerprint density at radius 2 is 1.87 bits per heavy atom. The molecule has 4 rings (SSSR count). The standard InChI is InChI=1S/C23H20BrN3O3/c1-15-11-12-27-20(13-15)25-23(22(27)29,14-16-3-7-18(24)8-4-16)26-21(28)17-5-9-19(30-2)10-6-17/h3-13H,14H2,1-2H3,(H,26,28). The highest BCUT2D eigenvalue weighted by atomic mass is 79.9. The molecule has 0 bridgehead atoms. The molecule has 0 aromatic heterocycles. The maximum absolute atomic E-state index is 13.4. The fraction of sp³-hybridized carbons (Fsp3) is 0.174. The summed E-state index contributed by atoms with van der Waals surface area (Å²) >= 11 is 3.42. The van der Waals surface area contributed by atoms with Gasteiger partial charge in [-0.1, -0.05) is 28.1 Å². The molecular weight excluding hydrogens is 446 g/mol. The molecule has 7 heteroatoms. The van der Waals surface area contributed by atoms with Gasteiger partial charge in [0, 0.05) is 22.7 Å². The molecule has 0 fully saturated rings. The third kappa shape index (κ3) is 3.80. The van der Waals surface area contributed by atoms with Crippen LogP contribution in [-0.4, -0.2) is 35.3 Å². The minimum absolute atomic E-state index is 0.238. The number of amides is 2. The lowest BCUT2D eigenvalue weighted by molar-refractivity contribution is -0.130. The lowest BCUT2D eigenvalue weighted by Gasteiger charge is -2.27. The van der Waals surface area contributed by atoms with Gasteiger partial charge in [0.1, 0.15) is 11.6 Å². The maximum Gasteiger partial charge on any atom is 0.281 e. The van der Waals surface area contributed by atoms with Crippen molar-refractivity contribution >= 4 is 33.6 Å². The molecular formula is C23H20BrN3O3. The largest absolute Gasteiger partial charge is 0.497 e. The molecule has 0 saturated heterocycles. The van der Waals surface area contributed by atoms with Gasteiger partial charge in [0.15, 0.2) is 0 Å². The highest BCUT2D eigenvalue weighted by Crippen LogP contribution is 2.29. The smallest absolute Gasteiger partial charge is 0.281 e. The molecule has 1 N–H and O–H groups in total. The van der Waals surface area contributed by atoms with E-state index in [0.717, 1.165) is 15.6 Å². The molecule has 0 saturated carbocycles. The normalized spacial score (nSPS) is 19.8. The Morgan fingerprint density at radius 1 is 1.17 bits per heavy atom. The van der Waals surface area contributed by atoms with Gasteiger partial charge >= 0.3 is 0 Å². The number of allylic oxidation sites excluding steroid dienone is 2. The number of carbonyl (C=O) groups excluding carboxylic acids is 2. The summed E-state index contributed by atoms with van der Waals surface area (Å²) in [7, 11) is 1.56. The second-order valence-electron chi connectivity index (χ2n) is 7.20. The monoisotopic (exact) mass is 465 g/mol. The van der Waals surface area contributed by atoms with Gasteiger partial charge in [0.05, 0.1) is 7.11 Å². The highest BCUT2D eigenvalue weighted by molar-refractivity contribution is 9.10. The number of halogens is 1. The first-order chi connectivity index (χ1) is 14.4. The van der Waals surface area contributed by atoms with Crippen LogP contribution in [0.15, 0.2) is 81.9 Å². The summed E-state index contributed by atoms with van der Waals surface area (Å²) < 4.78 is 6.09. The van der Waals surface area contributed by atoms with Crippen LogP contribution in [0.25, 0.3) is 0 Å². The molecule has 0 radical (unpaired) electrons. The summed E-state index contributed by atoms with van der Waals surface area (Å²) in [5.74, 6) is 0.502. The minimum Gasteiger partial charge on any atom is -0.497 e. The van der Waals surface area contributed by atoms with E-state index >= 15 is 0 Å². The predicted molar refractivity (Wildman–Crippen MR) is 118 cm³/mol. The second-order valence-corrected chi connectivity index (χ2v) is 8.11. The molecule has 152 valence electrons. The van der Waals surface area contributed by atoms with Crippen molar-refractivity contribution in [2.45, 2.75) is 19.0 Å². The number of benzene rings is 2. The summed E-state index contributed by atoms with van der Waals surface area (Å²) in [6.45, 7) is 1.94. The molecule has 2 aliphatic rings. The molecule has 2 heterocycles. The van der Waals surface area contributed by atoms with Gasteiger partial charge in [-0.05, 0) is 66.6 Å². The fourth-order valence-electron chi connectivity index (χ4n) is 3.43. The Morgan fingerprint density at radius 3 is 2.53 bits per heavy atom. The number of methoxy groups -OCH3 is 1. The van der Waals surface area contributed by atoms with E-state index in [-0.39, 0.29) is 18.2 Å². The van der Waals surface area contributed by atoms with E-state index in [1.165, 1.54) is 4.90 Å². The van der Waals surface area contributed by atoms with Crippen molar-refractivity contribution in [3.05, 3.63) is 88.1 Å². The van der Waals surface area contributed by atoms with Crippen LogP contribution in [0, 0.1) is 0 Å². The number of carbonyl (C=O) groups is 2. The van der Waals surface area contributed by atoms with Crippen molar-refractivity contribution in [2.75, 3.05) is 7.11 Å². The molecule has 2 amide bonds. The summed E-state index contributed by atoms with van der Waals surface area (Å²) in [5, 5.41) is 2.90. The van der Waals surface area contributed by atoms with Gasteiger partial charge in [0.25, 0.3) is 11.8 Å². The van der Waals surface area contributed by atoms with E-state index in [1.54, 1.807) is 37.6 Å². The molecule has 30 heavy (non-hydrogen) atoms. The van der Waals surface area contributed by atoms with E-state index in [0.29, 0.717) is 17.1 Å².